The van der Waals surface area contributed by atoms with Gasteiger partial charge in [-0.1, -0.05) is 6.92 Å². The minimum absolute atomic E-state index is 0.0772. The lowest BCUT2D eigenvalue weighted by molar-refractivity contribution is -0.0615. The Morgan fingerprint density at radius 2 is 1.82 bits per heavy atom. The highest BCUT2D eigenvalue weighted by atomic mass is 16.5. The summed E-state index contributed by atoms with van der Waals surface area (Å²) in [5.74, 6) is 0. The van der Waals surface area contributed by atoms with Gasteiger partial charge in [-0.05, 0) is 34.1 Å². The molecule has 0 saturated carbocycles. The Kier molecular flexibility index (Phi) is 4.04. The van der Waals surface area contributed by atoms with E-state index in [2.05, 4.69) is 6.92 Å². The summed E-state index contributed by atoms with van der Waals surface area (Å²) in [4.78, 5) is 0. The molecule has 0 saturated heterocycles. The highest BCUT2D eigenvalue weighted by Gasteiger charge is 2.18. The van der Waals surface area contributed by atoms with Gasteiger partial charge in [0.1, 0.15) is 0 Å². The smallest absolute Gasteiger partial charge is 0.0704 e. The van der Waals surface area contributed by atoms with E-state index < -0.39 is 0 Å². The van der Waals surface area contributed by atoms with Crippen molar-refractivity contribution in [2.75, 3.05) is 0 Å². The maximum Gasteiger partial charge on any atom is 0.0704 e. The summed E-state index contributed by atoms with van der Waals surface area (Å²) in [6.45, 7) is 10.2. The molecule has 0 rings (SSSR count). The first-order chi connectivity index (χ1) is 4.87. The van der Waals surface area contributed by atoms with Crippen LogP contribution in [-0.2, 0) is 4.74 Å². The van der Waals surface area contributed by atoms with Gasteiger partial charge in [0, 0.05) is 6.04 Å². The zero-order valence-electron chi connectivity index (χ0n) is 8.35. The molecule has 0 aliphatic heterocycles. The molecule has 0 aromatic heterocycles. The van der Waals surface area contributed by atoms with Crippen LogP contribution >= 0.6 is 0 Å². The van der Waals surface area contributed by atoms with E-state index in [9.17, 15) is 0 Å². The third-order valence-electron chi connectivity index (χ3n) is 1.61. The molecular formula is C9H21NO. The van der Waals surface area contributed by atoms with Gasteiger partial charge in [0.05, 0.1) is 11.7 Å². The van der Waals surface area contributed by atoms with Gasteiger partial charge < -0.3 is 10.5 Å². The Bertz CT molecular complexity index is 107. The molecule has 2 N–H and O–H groups in total. The largest absolute Gasteiger partial charge is 0.371 e. The Morgan fingerprint density at radius 3 is 2.09 bits per heavy atom. The Balaban J connectivity index is 3.77. The van der Waals surface area contributed by atoms with Crippen molar-refractivity contribution in [1.29, 1.82) is 0 Å². The van der Waals surface area contributed by atoms with Gasteiger partial charge in [0.25, 0.3) is 0 Å². The van der Waals surface area contributed by atoms with Crippen molar-refractivity contribution in [3.63, 3.8) is 0 Å². The summed E-state index contributed by atoms with van der Waals surface area (Å²) >= 11 is 0. The molecular weight excluding hydrogens is 138 g/mol. The van der Waals surface area contributed by atoms with Crippen LogP contribution < -0.4 is 5.73 Å². The van der Waals surface area contributed by atoms with Crippen molar-refractivity contribution in [3.8, 4) is 0 Å². The second-order valence-corrected chi connectivity index (χ2v) is 4.01. The standard InChI is InChI=1S/C9H21NO/c1-6-8(10)7(2)11-9(3,4)5/h7-8H,6,10H2,1-5H3/t7?,8-/m1/s1. The molecule has 11 heavy (non-hydrogen) atoms. The number of ether oxygens (including phenoxy) is 1. The van der Waals surface area contributed by atoms with Gasteiger partial charge in [0.15, 0.2) is 0 Å². The average Bonchev–Trinajstić information content (AvgIpc) is 1.82. The molecule has 68 valence electrons. The van der Waals surface area contributed by atoms with E-state index in [1.54, 1.807) is 0 Å². The molecule has 0 aliphatic carbocycles. The van der Waals surface area contributed by atoms with Crippen LogP contribution in [0.1, 0.15) is 41.0 Å². The molecule has 2 heteroatoms. The minimum Gasteiger partial charge on any atom is -0.371 e. The van der Waals surface area contributed by atoms with Gasteiger partial charge in [-0.15, -0.1) is 0 Å². The van der Waals surface area contributed by atoms with Crippen molar-refractivity contribution < 1.29 is 4.74 Å². The van der Waals surface area contributed by atoms with Gasteiger partial charge in [-0.25, -0.2) is 0 Å². The molecule has 0 heterocycles. The average molecular weight is 159 g/mol. The lowest BCUT2D eigenvalue weighted by Crippen LogP contribution is -2.38. The number of rotatable bonds is 3. The van der Waals surface area contributed by atoms with E-state index in [1.165, 1.54) is 0 Å². The van der Waals surface area contributed by atoms with Crippen molar-refractivity contribution in [3.05, 3.63) is 0 Å². The second kappa shape index (κ2) is 4.07. The Morgan fingerprint density at radius 1 is 1.36 bits per heavy atom. The van der Waals surface area contributed by atoms with E-state index >= 15 is 0 Å². The molecule has 0 aromatic carbocycles. The van der Waals surface area contributed by atoms with Gasteiger partial charge in [-0.2, -0.15) is 0 Å². The van der Waals surface area contributed by atoms with Crippen LogP contribution in [0.15, 0.2) is 0 Å². The van der Waals surface area contributed by atoms with E-state index in [-0.39, 0.29) is 17.7 Å². The molecule has 0 aliphatic rings. The molecule has 0 amide bonds. The van der Waals surface area contributed by atoms with Crippen LogP contribution in [0.4, 0.5) is 0 Å². The fourth-order valence-electron chi connectivity index (χ4n) is 0.977. The molecule has 2 nitrogen and oxygen atoms in total. The fraction of sp³-hybridized carbons (Fsp3) is 1.00. The third-order valence-corrected chi connectivity index (χ3v) is 1.61. The predicted molar refractivity (Wildman–Crippen MR) is 48.6 cm³/mol. The number of hydrogen-bond acceptors (Lipinski definition) is 2. The van der Waals surface area contributed by atoms with E-state index in [0.717, 1.165) is 6.42 Å². The molecule has 0 fully saturated rings. The number of nitrogens with two attached hydrogens (primary N) is 1. The summed E-state index contributed by atoms with van der Waals surface area (Å²) in [7, 11) is 0. The first kappa shape index (κ1) is 10.9. The summed E-state index contributed by atoms with van der Waals surface area (Å²) in [6.07, 6.45) is 1.12. The van der Waals surface area contributed by atoms with Crippen LogP contribution in [0.25, 0.3) is 0 Å². The van der Waals surface area contributed by atoms with Crippen LogP contribution in [0.5, 0.6) is 0 Å². The Labute approximate surface area is 70.1 Å². The number of hydrogen-bond donors (Lipinski definition) is 1. The lowest BCUT2D eigenvalue weighted by atomic mass is 10.1. The topological polar surface area (TPSA) is 35.2 Å². The first-order valence-electron chi connectivity index (χ1n) is 4.30. The first-order valence-corrected chi connectivity index (χ1v) is 4.30. The van der Waals surface area contributed by atoms with Gasteiger partial charge >= 0.3 is 0 Å². The molecule has 0 radical (unpaired) electrons. The van der Waals surface area contributed by atoms with E-state index in [0.29, 0.717) is 0 Å². The highest BCUT2D eigenvalue weighted by Crippen LogP contribution is 2.12. The molecule has 2 atom stereocenters. The summed E-state index contributed by atoms with van der Waals surface area (Å²) in [6, 6.07) is 0.161. The third kappa shape index (κ3) is 5.22. The monoisotopic (exact) mass is 159 g/mol. The molecule has 0 spiro atoms. The normalized spacial score (nSPS) is 18.0. The molecule has 0 bridgehead atoms. The van der Waals surface area contributed by atoms with Crippen LogP contribution in [0, 0.1) is 0 Å². The summed E-state index contributed by atoms with van der Waals surface area (Å²) in [5.41, 5.74) is 5.72. The zero-order chi connectivity index (χ0) is 9.07. The van der Waals surface area contributed by atoms with Crippen molar-refractivity contribution in [2.45, 2.75) is 58.8 Å². The quantitative estimate of drug-likeness (QED) is 0.683. The fourth-order valence-corrected chi connectivity index (χ4v) is 0.977. The lowest BCUT2D eigenvalue weighted by Gasteiger charge is -2.28. The van der Waals surface area contributed by atoms with Gasteiger partial charge in [-0.3, -0.25) is 0 Å². The van der Waals surface area contributed by atoms with E-state index in [4.69, 9.17) is 10.5 Å². The minimum atomic E-state index is -0.0772. The van der Waals surface area contributed by atoms with Crippen LogP contribution in [-0.4, -0.2) is 17.7 Å². The molecule has 0 aromatic rings. The van der Waals surface area contributed by atoms with E-state index in [1.807, 2.05) is 27.7 Å². The van der Waals surface area contributed by atoms with Crippen molar-refractivity contribution in [2.24, 2.45) is 5.73 Å². The maximum atomic E-state index is 5.80. The highest BCUT2D eigenvalue weighted by molar-refractivity contribution is 4.71. The van der Waals surface area contributed by atoms with Crippen molar-refractivity contribution >= 4 is 0 Å². The zero-order valence-corrected chi connectivity index (χ0v) is 8.35. The van der Waals surface area contributed by atoms with Crippen molar-refractivity contribution in [1.82, 2.24) is 0 Å². The van der Waals surface area contributed by atoms with Crippen LogP contribution in [0.2, 0.25) is 0 Å². The summed E-state index contributed by atoms with van der Waals surface area (Å²) < 4.78 is 5.67. The maximum absolute atomic E-state index is 5.80. The SMILES string of the molecule is CC[C@@H](N)C(C)OC(C)(C)C. The molecule has 1 unspecified atom stereocenters. The summed E-state index contributed by atoms with van der Waals surface area (Å²) in [5, 5.41) is 0. The Hall–Kier alpha value is -0.0800. The van der Waals surface area contributed by atoms with Gasteiger partial charge in [0.2, 0.25) is 0 Å². The predicted octanol–water partition coefficient (Wildman–Crippen LogP) is 1.93. The second-order valence-electron chi connectivity index (χ2n) is 4.01. The van der Waals surface area contributed by atoms with Crippen LogP contribution in [0.3, 0.4) is 0 Å².